The van der Waals surface area contributed by atoms with Crippen LogP contribution in [0.1, 0.15) is 40.9 Å². The van der Waals surface area contributed by atoms with E-state index in [9.17, 15) is 17.6 Å². The molecule has 2 unspecified atom stereocenters. The third-order valence-corrected chi connectivity index (χ3v) is 6.23. The van der Waals surface area contributed by atoms with Gasteiger partial charge < -0.3 is 5.32 Å². The number of carbonyl (C=O) groups is 1. The Morgan fingerprint density at radius 2 is 2.15 bits per heavy atom. The van der Waals surface area contributed by atoms with Crippen molar-refractivity contribution in [3.8, 4) is 0 Å². The maximum absolute atomic E-state index is 14.1. The minimum absolute atomic E-state index is 0.0121. The molecule has 0 radical (unpaired) electrons. The molecular formula is C21H22ClFN6O4S. The highest BCUT2D eigenvalue weighted by atomic mass is 35.5. The summed E-state index contributed by atoms with van der Waals surface area (Å²) in [5.74, 6) is -0.467. The van der Waals surface area contributed by atoms with Crippen LogP contribution >= 0.6 is 11.6 Å². The molecule has 10 nitrogen and oxygen atoms in total. The van der Waals surface area contributed by atoms with E-state index in [1.807, 2.05) is 0 Å². The van der Waals surface area contributed by atoms with Gasteiger partial charge in [-0.05, 0) is 43.4 Å². The Bertz CT molecular complexity index is 1300. The number of nitrogens with two attached hydrogens (primary N) is 1. The first-order chi connectivity index (χ1) is 16.2. The second-order valence-electron chi connectivity index (χ2n) is 8.05. The van der Waals surface area contributed by atoms with E-state index in [2.05, 4.69) is 20.4 Å². The fourth-order valence-electron chi connectivity index (χ4n) is 3.89. The number of halogens is 2. The van der Waals surface area contributed by atoms with Gasteiger partial charge in [0, 0.05) is 29.0 Å². The molecule has 1 aliphatic carbocycles. The summed E-state index contributed by atoms with van der Waals surface area (Å²) in [5.41, 5.74) is 0.798. The number of benzene rings is 1. The zero-order valence-corrected chi connectivity index (χ0v) is 19.5. The van der Waals surface area contributed by atoms with E-state index in [4.69, 9.17) is 20.9 Å². The molecule has 3 aromatic rings. The molecule has 0 spiro atoms. The average molecular weight is 509 g/mol. The van der Waals surface area contributed by atoms with Crippen LogP contribution in [0.5, 0.6) is 0 Å². The summed E-state index contributed by atoms with van der Waals surface area (Å²) in [7, 11) is -3.98. The number of hydrogen-bond acceptors (Lipinski definition) is 8. The maximum Gasteiger partial charge on any atom is 0.333 e. The van der Waals surface area contributed by atoms with Crippen LogP contribution in [-0.4, -0.2) is 46.6 Å². The summed E-state index contributed by atoms with van der Waals surface area (Å²) in [5, 5.41) is 12.7. The van der Waals surface area contributed by atoms with E-state index in [1.54, 1.807) is 24.4 Å². The largest absolute Gasteiger partial charge is 0.367 e. The fraction of sp³-hybridized carbons (Fsp3) is 0.333. The molecule has 2 atom stereocenters. The van der Waals surface area contributed by atoms with Crippen molar-refractivity contribution in [2.75, 3.05) is 11.9 Å². The van der Waals surface area contributed by atoms with Gasteiger partial charge >= 0.3 is 10.3 Å². The summed E-state index contributed by atoms with van der Waals surface area (Å²) in [6, 6.07) is 5.89. The third-order valence-electron chi connectivity index (χ3n) is 5.53. The number of anilines is 1. The highest BCUT2D eigenvalue weighted by Crippen LogP contribution is 2.29. The number of hydrogen-bond donors (Lipinski definition) is 2. The van der Waals surface area contributed by atoms with Crippen LogP contribution in [0.25, 0.3) is 0 Å². The molecule has 1 saturated carbocycles. The molecule has 0 aliphatic heterocycles. The van der Waals surface area contributed by atoms with Gasteiger partial charge in [0.15, 0.2) is 0 Å². The van der Waals surface area contributed by atoms with E-state index in [0.29, 0.717) is 22.8 Å². The van der Waals surface area contributed by atoms with Gasteiger partial charge in [0.2, 0.25) is 5.78 Å². The zero-order chi connectivity index (χ0) is 24.3. The van der Waals surface area contributed by atoms with Crippen LogP contribution in [0, 0.1) is 11.7 Å². The molecule has 0 amide bonds. The Morgan fingerprint density at radius 3 is 2.91 bits per heavy atom. The molecular weight excluding hydrogens is 487 g/mol. The molecule has 3 N–H and O–H groups in total. The normalized spacial score (nSPS) is 18.2. The van der Waals surface area contributed by atoms with Crippen molar-refractivity contribution in [3.63, 3.8) is 0 Å². The van der Waals surface area contributed by atoms with Crippen LogP contribution in [0.15, 0.2) is 43.0 Å². The minimum Gasteiger partial charge on any atom is -0.367 e. The predicted octanol–water partition coefficient (Wildman–Crippen LogP) is 2.55. The Labute approximate surface area is 200 Å². The van der Waals surface area contributed by atoms with Crippen LogP contribution in [0.4, 0.5) is 10.2 Å². The van der Waals surface area contributed by atoms with Crippen LogP contribution in [0.3, 0.4) is 0 Å². The smallest absolute Gasteiger partial charge is 0.333 e. The topological polar surface area (TPSA) is 142 Å². The molecule has 34 heavy (non-hydrogen) atoms. The third kappa shape index (κ3) is 6.14. The summed E-state index contributed by atoms with van der Waals surface area (Å²) < 4.78 is 42.2. The van der Waals surface area contributed by atoms with Crippen molar-refractivity contribution in [2.24, 2.45) is 11.1 Å². The highest BCUT2D eigenvalue weighted by molar-refractivity contribution is 7.84. The Hall–Kier alpha value is -2.93. The fourth-order valence-corrected chi connectivity index (χ4v) is 4.43. The standard InChI is InChI=1S/C21H22ClFN6O4S/c22-15-3-2-14(18(23)8-15)10-29-6-5-19(28-29)20(30)17-9-25-12-26-21(17)27-16-4-1-13(7-16)11-33-34(24,31)32/h2-3,5-6,8-9,12-13,16H,1,4,7,10-11H2,(H2,24,31,32)(H,25,26,27). The summed E-state index contributed by atoms with van der Waals surface area (Å²) in [4.78, 5) is 21.3. The number of ketones is 1. The van der Waals surface area contributed by atoms with Crippen molar-refractivity contribution in [2.45, 2.75) is 31.8 Å². The molecule has 1 aromatic carbocycles. The van der Waals surface area contributed by atoms with E-state index >= 15 is 0 Å². The lowest BCUT2D eigenvalue weighted by Gasteiger charge is -2.15. The van der Waals surface area contributed by atoms with Gasteiger partial charge in [-0.1, -0.05) is 17.7 Å². The predicted molar refractivity (Wildman–Crippen MR) is 122 cm³/mol. The van der Waals surface area contributed by atoms with Gasteiger partial charge in [-0.25, -0.2) is 19.5 Å². The molecule has 1 aliphatic rings. The van der Waals surface area contributed by atoms with Crippen molar-refractivity contribution >= 4 is 33.5 Å². The first-order valence-corrected chi connectivity index (χ1v) is 12.3. The second kappa shape index (κ2) is 10.1. The van der Waals surface area contributed by atoms with Gasteiger partial charge in [-0.3, -0.25) is 13.7 Å². The van der Waals surface area contributed by atoms with Gasteiger partial charge in [0.25, 0.3) is 0 Å². The van der Waals surface area contributed by atoms with Gasteiger partial charge in [0.05, 0.1) is 18.7 Å². The zero-order valence-electron chi connectivity index (χ0n) is 17.9. The average Bonchev–Trinajstić information content (AvgIpc) is 3.43. The summed E-state index contributed by atoms with van der Waals surface area (Å²) in [6.45, 7) is 0.148. The van der Waals surface area contributed by atoms with Crippen molar-refractivity contribution in [1.82, 2.24) is 19.7 Å². The Kier molecular flexibility index (Phi) is 7.22. The Balaban J connectivity index is 1.43. The number of nitrogens with one attached hydrogen (secondary N) is 1. The first kappa shape index (κ1) is 24.2. The van der Waals surface area contributed by atoms with Gasteiger partial charge in [-0.15, -0.1) is 0 Å². The molecule has 13 heteroatoms. The molecule has 4 rings (SSSR count). The Morgan fingerprint density at radius 1 is 1.32 bits per heavy atom. The molecule has 0 saturated heterocycles. The number of rotatable bonds is 9. The second-order valence-corrected chi connectivity index (χ2v) is 9.70. The summed E-state index contributed by atoms with van der Waals surface area (Å²) >= 11 is 5.79. The van der Waals surface area contributed by atoms with Crippen LogP contribution < -0.4 is 10.5 Å². The lowest BCUT2D eigenvalue weighted by Crippen LogP contribution is -2.22. The van der Waals surface area contributed by atoms with Crippen molar-refractivity contribution < 1.29 is 21.8 Å². The summed E-state index contributed by atoms with van der Waals surface area (Å²) in [6.07, 6.45) is 6.45. The van der Waals surface area contributed by atoms with E-state index in [0.717, 1.165) is 12.8 Å². The molecule has 2 heterocycles. The maximum atomic E-state index is 14.1. The lowest BCUT2D eigenvalue weighted by atomic mass is 10.1. The molecule has 2 aromatic heterocycles. The highest BCUT2D eigenvalue weighted by Gasteiger charge is 2.28. The first-order valence-electron chi connectivity index (χ1n) is 10.4. The molecule has 1 fully saturated rings. The van der Waals surface area contributed by atoms with Crippen molar-refractivity contribution in [1.29, 1.82) is 0 Å². The van der Waals surface area contributed by atoms with Crippen LogP contribution in [0.2, 0.25) is 5.02 Å². The molecule has 0 bridgehead atoms. The van der Waals surface area contributed by atoms with Gasteiger partial charge in [-0.2, -0.15) is 13.5 Å². The van der Waals surface area contributed by atoms with E-state index < -0.39 is 16.1 Å². The lowest BCUT2D eigenvalue weighted by molar-refractivity contribution is 0.103. The van der Waals surface area contributed by atoms with E-state index in [1.165, 1.54) is 23.3 Å². The SMILES string of the molecule is NS(=O)(=O)OCC1CCC(Nc2ncncc2C(=O)c2ccn(Cc3ccc(Cl)cc3F)n2)C1. The van der Waals surface area contributed by atoms with E-state index in [-0.39, 0.29) is 42.2 Å². The monoisotopic (exact) mass is 508 g/mol. The number of carbonyl (C=O) groups excluding carboxylic acids is 1. The van der Waals surface area contributed by atoms with Crippen LogP contribution in [-0.2, 0) is 21.0 Å². The number of nitrogens with zero attached hydrogens (tertiary/aromatic N) is 4. The quantitative estimate of drug-likeness (QED) is 0.420. The number of aromatic nitrogens is 4. The van der Waals surface area contributed by atoms with Crippen molar-refractivity contribution in [3.05, 3.63) is 70.6 Å². The van der Waals surface area contributed by atoms with Gasteiger partial charge in [0.1, 0.15) is 23.7 Å². The minimum atomic E-state index is -3.98. The molecule has 180 valence electrons.